The minimum absolute atomic E-state index is 0.0271. The molecule has 140 valence electrons. The molecule has 1 aliphatic heterocycles. The second-order valence-corrected chi connectivity index (χ2v) is 6.94. The van der Waals surface area contributed by atoms with Crippen molar-refractivity contribution in [3.8, 4) is 5.75 Å². The molecule has 1 aliphatic rings. The number of amides is 2. The van der Waals surface area contributed by atoms with Gasteiger partial charge in [0.05, 0.1) is 22.9 Å². The van der Waals surface area contributed by atoms with Crippen molar-refractivity contribution in [2.45, 2.75) is 18.8 Å². The highest BCUT2D eigenvalue weighted by Crippen LogP contribution is 2.31. The van der Waals surface area contributed by atoms with Gasteiger partial charge in [0.25, 0.3) is 0 Å². The summed E-state index contributed by atoms with van der Waals surface area (Å²) in [5, 5.41) is 7.33. The normalized spacial score (nSPS) is 17.4. The first kappa shape index (κ1) is 18.8. The van der Waals surface area contributed by atoms with E-state index in [1.54, 1.807) is 15.8 Å². The molecule has 1 aromatic heterocycles. The third-order valence-corrected chi connectivity index (χ3v) is 4.66. The summed E-state index contributed by atoms with van der Waals surface area (Å²) in [6, 6.07) is 3.29. The van der Waals surface area contributed by atoms with Crippen molar-refractivity contribution in [1.82, 2.24) is 14.7 Å². The average molecular weight is 454 g/mol. The summed E-state index contributed by atoms with van der Waals surface area (Å²) in [6.07, 6.45) is -0.815. The monoisotopic (exact) mass is 452 g/mol. The molecule has 3 rings (SSSR count). The molecule has 6 nitrogen and oxygen atoms in total. The predicted octanol–water partition coefficient (Wildman–Crippen LogP) is 4.68. The Bertz CT molecular complexity index is 814. The lowest BCUT2D eigenvalue weighted by Crippen LogP contribution is -2.33. The van der Waals surface area contributed by atoms with Crippen molar-refractivity contribution in [2.24, 2.45) is 0 Å². The fourth-order valence-electron chi connectivity index (χ4n) is 2.65. The number of urea groups is 1. The molecule has 1 unspecified atom stereocenters. The van der Waals surface area contributed by atoms with Crippen LogP contribution >= 0.6 is 27.5 Å². The van der Waals surface area contributed by atoms with E-state index in [1.165, 1.54) is 12.3 Å². The van der Waals surface area contributed by atoms with Gasteiger partial charge in [0.1, 0.15) is 5.75 Å². The molecule has 2 aromatic rings. The van der Waals surface area contributed by atoms with Crippen molar-refractivity contribution < 1.29 is 22.7 Å². The lowest BCUT2D eigenvalue weighted by Gasteiger charge is -2.18. The molecule has 0 saturated carbocycles. The molecule has 1 saturated heterocycles. The topological polar surface area (TPSA) is 59.4 Å². The van der Waals surface area contributed by atoms with Gasteiger partial charge in [-0.15, -0.1) is 13.2 Å². The minimum atomic E-state index is -4.77. The van der Waals surface area contributed by atoms with Gasteiger partial charge in [-0.05, 0) is 40.5 Å². The van der Waals surface area contributed by atoms with Crippen LogP contribution in [0.1, 0.15) is 12.5 Å². The second-order valence-electron chi connectivity index (χ2n) is 5.65. The Morgan fingerprint density at radius 2 is 2.19 bits per heavy atom. The Morgan fingerprint density at radius 1 is 1.42 bits per heavy atom. The SMILES string of the molecule is O=C(Nc1ccc(OC(F)(F)F)cc1Br)N1CCC(n2cc(Cl)cn2)C1. The Balaban J connectivity index is 1.61. The number of benzene rings is 1. The molecular formula is C15H13BrClF3N4O2. The Labute approximate surface area is 160 Å². The molecule has 0 spiro atoms. The van der Waals surface area contributed by atoms with Gasteiger partial charge in [0.2, 0.25) is 0 Å². The summed E-state index contributed by atoms with van der Waals surface area (Å²) in [5.74, 6) is -0.376. The molecule has 1 aromatic carbocycles. The van der Waals surface area contributed by atoms with Crippen LogP contribution in [0, 0.1) is 0 Å². The molecule has 26 heavy (non-hydrogen) atoms. The van der Waals surface area contributed by atoms with Crippen LogP contribution in [-0.4, -0.2) is 40.2 Å². The first-order valence-electron chi connectivity index (χ1n) is 7.52. The molecule has 0 aliphatic carbocycles. The first-order valence-corrected chi connectivity index (χ1v) is 8.69. The van der Waals surface area contributed by atoms with E-state index < -0.39 is 6.36 Å². The zero-order valence-corrected chi connectivity index (χ0v) is 15.5. The van der Waals surface area contributed by atoms with Gasteiger partial charge in [-0.3, -0.25) is 4.68 Å². The largest absolute Gasteiger partial charge is 0.573 e. The van der Waals surface area contributed by atoms with E-state index in [0.29, 0.717) is 23.8 Å². The number of alkyl halides is 3. The summed E-state index contributed by atoms with van der Waals surface area (Å²) >= 11 is 8.99. The summed E-state index contributed by atoms with van der Waals surface area (Å²) < 4.78 is 42.5. The van der Waals surface area contributed by atoms with Crippen LogP contribution in [0.2, 0.25) is 5.02 Å². The van der Waals surface area contributed by atoms with E-state index in [-0.39, 0.29) is 22.3 Å². The smallest absolute Gasteiger partial charge is 0.406 e. The van der Waals surface area contributed by atoms with Crippen LogP contribution in [0.3, 0.4) is 0 Å². The summed E-state index contributed by atoms with van der Waals surface area (Å²) in [4.78, 5) is 14.0. The fourth-order valence-corrected chi connectivity index (χ4v) is 3.25. The van der Waals surface area contributed by atoms with E-state index in [9.17, 15) is 18.0 Å². The molecule has 1 fully saturated rings. The number of anilines is 1. The number of ether oxygens (including phenoxy) is 1. The van der Waals surface area contributed by atoms with Crippen LogP contribution < -0.4 is 10.1 Å². The first-order chi connectivity index (χ1) is 12.2. The molecule has 11 heteroatoms. The molecule has 0 radical (unpaired) electrons. The van der Waals surface area contributed by atoms with Crippen molar-refractivity contribution >= 4 is 39.2 Å². The average Bonchev–Trinajstić information content (AvgIpc) is 3.17. The summed E-state index contributed by atoms with van der Waals surface area (Å²) in [7, 11) is 0. The number of halogens is 5. The fraction of sp³-hybridized carbons (Fsp3) is 0.333. The summed E-state index contributed by atoms with van der Waals surface area (Å²) in [5.41, 5.74) is 0.343. The third kappa shape index (κ3) is 4.61. The molecule has 1 N–H and O–H groups in total. The Hall–Kier alpha value is -1.94. The maximum atomic E-state index is 12.4. The van der Waals surface area contributed by atoms with Gasteiger partial charge in [-0.25, -0.2) is 4.79 Å². The number of aromatic nitrogens is 2. The number of hydrogen-bond acceptors (Lipinski definition) is 3. The lowest BCUT2D eigenvalue weighted by atomic mass is 10.3. The molecule has 2 heterocycles. The highest BCUT2D eigenvalue weighted by Gasteiger charge is 2.31. The van der Waals surface area contributed by atoms with Gasteiger partial charge >= 0.3 is 12.4 Å². The number of rotatable bonds is 3. The van der Waals surface area contributed by atoms with E-state index in [4.69, 9.17) is 11.6 Å². The Kier molecular flexibility index (Phi) is 5.33. The Morgan fingerprint density at radius 3 is 2.81 bits per heavy atom. The maximum Gasteiger partial charge on any atom is 0.573 e. The zero-order valence-electron chi connectivity index (χ0n) is 13.1. The summed E-state index contributed by atoms with van der Waals surface area (Å²) in [6.45, 7) is 0.984. The highest BCUT2D eigenvalue weighted by atomic mass is 79.9. The van der Waals surface area contributed by atoms with Crippen molar-refractivity contribution in [3.63, 3.8) is 0 Å². The lowest BCUT2D eigenvalue weighted by molar-refractivity contribution is -0.274. The zero-order chi connectivity index (χ0) is 18.9. The number of likely N-dealkylation sites (tertiary alicyclic amines) is 1. The molecular weight excluding hydrogens is 441 g/mol. The number of nitrogens with one attached hydrogen (secondary N) is 1. The third-order valence-electron chi connectivity index (χ3n) is 3.81. The van der Waals surface area contributed by atoms with Crippen LogP contribution in [0.4, 0.5) is 23.7 Å². The van der Waals surface area contributed by atoms with Gasteiger partial charge in [0, 0.05) is 23.8 Å². The van der Waals surface area contributed by atoms with E-state index >= 15 is 0 Å². The number of carbonyl (C=O) groups excluding carboxylic acids is 1. The van der Waals surface area contributed by atoms with Crippen LogP contribution in [0.25, 0.3) is 0 Å². The van der Waals surface area contributed by atoms with Gasteiger partial charge in [0.15, 0.2) is 0 Å². The van der Waals surface area contributed by atoms with Crippen molar-refractivity contribution in [2.75, 3.05) is 18.4 Å². The maximum absolute atomic E-state index is 12.4. The molecule has 0 bridgehead atoms. The van der Waals surface area contributed by atoms with Gasteiger partial charge in [-0.2, -0.15) is 5.10 Å². The van der Waals surface area contributed by atoms with E-state index in [0.717, 1.165) is 18.6 Å². The number of carbonyl (C=O) groups is 1. The van der Waals surface area contributed by atoms with E-state index in [2.05, 4.69) is 31.1 Å². The molecule has 1 atom stereocenters. The van der Waals surface area contributed by atoms with Crippen LogP contribution in [0.15, 0.2) is 35.1 Å². The second kappa shape index (κ2) is 7.36. The van der Waals surface area contributed by atoms with E-state index in [1.807, 2.05) is 0 Å². The van der Waals surface area contributed by atoms with Gasteiger partial charge in [-0.1, -0.05) is 11.6 Å². The highest BCUT2D eigenvalue weighted by molar-refractivity contribution is 9.10. The van der Waals surface area contributed by atoms with Crippen molar-refractivity contribution in [3.05, 3.63) is 40.1 Å². The standard InChI is InChI=1S/C15H13BrClF3N4O2/c16-12-5-11(26-15(18,19)20)1-2-13(12)22-14(25)23-4-3-10(8-23)24-7-9(17)6-21-24/h1-2,5-7,10H,3-4,8H2,(H,22,25). The molecule has 2 amide bonds. The number of hydrogen-bond donors (Lipinski definition) is 1. The van der Waals surface area contributed by atoms with Crippen LogP contribution in [0.5, 0.6) is 5.75 Å². The van der Waals surface area contributed by atoms with Crippen LogP contribution in [-0.2, 0) is 0 Å². The van der Waals surface area contributed by atoms with Gasteiger partial charge < -0.3 is 15.0 Å². The quantitative estimate of drug-likeness (QED) is 0.734. The minimum Gasteiger partial charge on any atom is -0.406 e. The van der Waals surface area contributed by atoms with Crippen molar-refractivity contribution in [1.29, 1.82) is 0 Å². The predicted molar refractivity (Wildman–Crippen MR) is 92.3 cm³/mol. The number of nitrogens with zero attached hydrogens (tertiary/aromatic N) is 3.